The summed E-state index contributed by atoms with van der Waals surface area (Å²) < 4.78 is 22.6. The van der Waals surface area contributed by atoms with Crippen molar-refractivity contribution in [3.63, 3.8) is 0 Å². The molecule has 1 aliphatic rings. The summed E-state index contributed by atoms with van der Waals surface area (Å²) in [6, 6.07) is 0. The van der Waals surface area contributed by atoms with Crippen molar-refractivity contribution in [2.75, 3.05) is 26.4 Å². The molecule has 0 bridgehead atoms. The molecule has 0 amide bonds. The van der Waals surface area contributed by atoms with E-state index in [1.165, 1.54) is 64.2 Å². The smallest absolute Gasteiger partial charge is 0.306 e. The molecule has 0 saturated carbocycles. The highest BCUT2D eigenvalue weighted by molar-refractivity contribution is 5.69. The van der Waals surface area contributed by atoms with E-state index in [1.54, 1.807) is 0 Å². The molecule has 46 heavy (non-hydrogen) atoms. The summed E-state index contributed by atoms with van der Waals surface area (Å²) in [6.45, 7) is 4.43. The number of ether oxygens (including phenoxy) is 4. The normalized spacial score (nSPS) is 22.6. The Labute approximate surface area is 279 Å². The van der Waals surface area contributed by atoms with Gasteiger partial charge in [-0.05, 0) is 38.5 Å². The van der Waals surface area contributed by atoms with Crippen molar-refractivity contribution in [1.82, 2.24) is 0 Å². The maximum absolute atomic E-state index is 12.6. The summed E-state index contributed by atoms with van der Waals surface area (Å²) in [7, 11) is 0. The van der Waals surface area contributed by atoms with Crippen molar-refractivity contribution in [1.29, 1.82) is 0 Å². The minimum Gasteiger partial charge on any atom is -0.457 e. The first-order chi connectivity index (χ1) is 22.4. The predicted molar refractivity (Wildman–Crippen MR) is 182 cm³/mol. The Balaban J connectivity index is 2.34. The van der Waals surface area contributed by atoms with E-state index in [0.29, 0.717) is 13.0 Å². The summed E-state index contributed by atoms with van der Waals surface area (Å²) in [4.78, 5) is 12.6. The Morgan fingerprint density at radius 1 is 0.696 bits per heavy atom. The van der Waals surface area contributed by atoms with Gasteiger partial charge in [-0.15, -0.1) is 0 Å². The van der Waals surface area contributed by atoms with Crippen molar-refractivity contribution < 1.29 is 44.2 Å². The average Bonchev–Trinajstić information content (AvgIpc) is 3.05. The van der Waals surface area contributed by atoms with Crippen molar-refractivity contribution in [3.8, 4) is 0 Å². The van der Waals surface area contributed by atoms with Gasteiger partial charge in [0.2, 0.25) is 0 Å². The first-order valence-electron chi connectivity index (χ1n) is 18.4. The number of carbonyl (C=O) groups is 1. The number of aliphatic hydroxyl groups is 4. The molecule has 1 rings (SSSR count). The molecule has 0 radical (unpaired) electrons. The second kappa shape index (κ2) is 29.8. The van der Waals surface area contributed by atoms with Crippen LogP contribution in [0.4, 0.5) is 0 Å². The molecule has 9 nitrogen and oxygen atoms in total. The quantitative estimate of drug-likeness (QED) is 0.0379. The molecule has 0 aromatic heterocycles. The SMILES string of the molecule is CCC/C=C\C/C=C\CCCCCCCCOCC(COC1OC(CO)C(O)C(O)C1O)OC(=O)CCCCCCCCCCC. The van der Waals surface area contributed by atoms with Crippen molar-refractivity contribution >= 4 is 5.97 Å². The zero-order valence-corrected chi connectivity index (χ0v) is 29.1. The van der Waals surface area contributed by atoms with Crippen molar-refractivity contribution in [2.24, 2.45) is 0 Å². The van der Waals surface area contributed by atoms with Gasteiger partial charge in [-0.3, -0.25) is 4.79 Å². The number of carbonyl (C=O) groups excluding carboxylic acids is 1. The highest BCUT2D eigenvalue weighted by Gasteiger charge is 2.44. The van der Waals surface area contributed by atoms with Crippen LogP contribution in [-0.4, -0.2) is 89.6 Å². The van der Waals surface area contributed by atoms with Crippen LogP contribution in [0.1, 0.15) is 142 Å². The molecule has 6 atom stereocenters. The van der Waals surface area contributed by atoms with Crippen LogP contribution in [0, 0.1) is 0 Å². The lowest BCUT2D eigenvalue weighted by Gasteiger charge is -2.39. The maximum Gasteiger partial charge on any atom is 0.306 e. The second-order valence-corrected chi connectivity index (χ2v) is 12.7. The van der Waals surface area contributed by atoms with E-state index >= 15 is 0 Å². The topological polar surface area (TPSA) is 135 Å². The van der Waals surface area contributed by atoms with E-state index in [2.05, 4.69) is 38.2 Å². The van der Waals surface area contributed by atoms with Gasteiger partial charge in [-0.25, -0.2) is 0 Å². The van der Waals surface area contributed by atoms with Gasteiger partial charge >= 0.3 is 5.97 Å². The Hall–Kier alpha value is -1.33. The molecule has 1 saturated heterocycles. The summed E-state index contributed by atoms with van der Waals surface area (Å²) in [5.41, 5.74) is 0. The van der Waals surface area contributed by atoms with E-state index < -0.39 is 43.4 Å². The lowest BCUT2D eigenvalue weighted by atomic mass is 9.99. The van der Waals surface area contributed by atoms with Gasteiger partial charge in [-0.2, -0.15) is 0 Å². The highest BCUT2D eigenvalue weighted by Crippen LogP contribution is 2.22. The molecule has 0 aliphatic carbocycles. The first kappa shape index (κ1) is 42.7. The number of hydrogen-bond donors (Lipinski definition) is 4. The lowest BCUT2D eigenvalue weighted by Crippen LogP contribution is -2.59. The average molecular weight is 657 g/mol. The van der Waals surface area contributed by atoms with E-state index in [9.17, 15) is 25.2 Å². The van der Waals surface area contributed by atoms with Gasteiger partial charge in [0.05, 0.1) is 19.8 Å². The van der Waals surface area contributed by atoms with Crippen LogP contribution in [0.2, 0.25) is 0 Å². The van der Waals surface area contributed by atoms with E-state index in [0.717, 1.165) is 57.8 Å². The molecular formula is C37H68O9. The van der Waals surface area contributed by atoms with Crippen LogP contribution in [0.25, 0.3) is 0 Å². The molecule has 270 valence electrons. The molecule has 6 unspecified atom stereocenters. The molecule has 9 heteroatoms. The van der Waals surface area contributed by atoms with Crippen LogP contribution in [0.3, 0.4) is 0 Å². The second-order valence-electron chi connectivity index (χ2n) is 12.7. The Morgan fingerprint density at radius 3 is 1.96 bits per heavy atom. The van der Waals surface area contributed by atoms with Crippen LogP contribution in [-0.2, 0) is 23.7 Å². The molecule has 1 heterocycles. The number of hydrogen-bond acceptors (Lipinski definition) is 9. The van der Waals surface area contributed by atoms with Crippen molar-refractivity contribution in [3.05, 3.63) is 24.3 Å². The largest absolute Gasteiger partial charge is 0.457 e. The standard InChI is InChI=1S/C37H68O9/c1-3-5-7-9-11-13-14-15-16-17-19-21-23-25-27-43-29-31(30-44-37-36(42)35(41)34(40)32(28-38)46-37)45-33(39)26-24-22-20-18-12-10-8-6-4-2/h7,9,13-14,31-32,34-38,40-42H,3-6,8,10-12,15-30H2,1-2H3/b9-7-,14-13-. The van der Waals surface area contributed by atoms with Crippen LogP contribution < -0.4 is 0 Å². The summed E-state index contributed by atoms with van der Waals surface area (Å²) in [5.74, 6) is -0.322. The fourth-order valence-electron chi connectivity index (χ4n) is 5.41. The molecule has 1 aliphatic heterocycles. The number of rotatable bonds is 30. The zero-order valence-electron chi connectivity index (χ0n) is 29.1. The number of allylic oxidation sites excluding steroid dienone is 4. The van der Waals surface area contributed by atoms with E-state index in [4.69, 9.17) is 18.9 Å². The van der Waals surface area contributed by atoms with Crippen LogP contribution in [0.15, 0.2) is 24.3 Å². The summed E-state index contributed by atoms with van der Waals surface area (Å²) >= 11 is 0. The third kappa shape index (κ3) is 21.5. The lowest BCUT2D eigenvalue weighted by molar-refractivity contribution is -0.305. The minimum atomic E-state index is -1.53. The third-order valence-corrected chi connectivity index (χ3v) is 8.35. The van der Waals surface area contributed by atoms with Gasteiger partial charge in [0.15, 0.2) is 6.29 Å². The predicted octanol–water partition coefficient (Wildman–Crippen LogP) is 6.69. The summed E-state index contributed by atoms with van der Waals surface area (Å²) in [6.07, 6.45) is 23.5. The summed E-state index contributed by atoms with van der Waals surface area (Å²) in [5, 5.41) is 39.8. The first-order valence-corrected chi connectivity index (χ1v) is 18.4. The Kier molecular flexibility index (Phi) is 27.6. The monoisotopic (exact) mass is 656 g/mol. The minimum absolute atomic E-state index is 0.115. The van der Waals surface area contributed by atoms with Crippen LogP contribution >= 0.6 is 0 Å². The maximum atomic E-state index is 12.6. The van der Waals surface area contributed by atoms with Crippen molar-refractivity contribution in [2.45, 2.75) is 179 Å². The van der Waals surface area contributed by atoms with E-state index in [-0.39, 0.29) is 19.2 Å². The van der Waals surface area contributed by atoms with Gasteiger partial charge in [0.1, 0.15) is 30.5 Å². The molecule has 0 spiro atoms. The van der Waals surface area contributed by atoms with Gasteiger partial charge in [-0.1, -0.05) is 122 Å². The molecule has 0 aromatic carbocycles. The molecule has 1 fully saturated rings. The third-order valence-electron chi connectivity index (χ3n) is 8.35. The Bertz CT molecular complexity index is 757. The van der Waals surface area contributed by atoms with Gasteiger partial charge in [0.25, 0.3) is 0 Å². The van der Waals surface area contributed by atoms with Crippen LogP contribution in [0.5, 0.6) is 0 Å². The number of unbranched alkanes of at least 4 members (excludes halogenated alkanes) is 15. The highest BCUT2D eigenvalue weighted by atomic mass is 16.7. The fourth-order valence-corrected chi connectivity index (χ4v) is 5.41. The van der Waals surface area contributed by atoms with E-state index in [1.807, 2.05) is 0 Å². The fraction of sp³-hybridized carbons (Fsp3) is 0.865. The Morgan fingerprint density at radius 2 is 1.30 bits per heavy atom. The zero-order chi connectivity index (χ0) is 33.7. The van der Waals surface area contributed by atoms with Gasteiger partial charge < -0.3 is 39.4 Å². The molecular weight excluding hydrogens is 588 g/mol. The molecule has 0 aromatic rings. The number of aliphatic hydroxyl groups excluding tert-OH is 4. The van der Waals surface area contributed by atoms with Gasteiger partial charge in [0, 0.05) is 13.0 Å². The molecule has 4 N–H and O–H groups in total. The number of esters is 1.